The lowest BCUT2D eigenvalue weighted by molar-refractivity contribution is -0.126. The number of ether oxygens (including phenoxy) is 1. The summed E-state index contributed by atoms with van der Waals surface area (Å²) in [7, 11) is -3.69. The van der Waals surface area contributed by atoms with E-state index in [0.717, 1.165) is 24.6 Å². The number of amides is 1. The Morgan fingerprint density at radius 1 is 1.15 bits per heavy atom. The van der Waals surface area contributed by atoms with Crippen molar-refractivity contribution in [1.82, 2.24) is 19.7 Å². The summed E-state index contributed by atoms with van der Waals surface area (Å²) in [6.07, 6.45) is 0.938. The van der Waals surface area contributed by atoms with Gasteiger partial charge in [-0.15, -0.1) is 0 Å². The van der Waals surface area contributed by atoms with Crippen LogP contribution < -0.4 is 5.32 Å². The Kier molecular flexibility index (Phi) is 7.22. The largest absolute Gasteiger partial charge is 0.465 e. The van der Waals surface area contributed by atoms with Crippen molar-refractivity contribution in [3.05, 3.63) is 35.1 Å². The summed E-state index contributed by atoms with van der Waals surface area (Å²) in [5.74, 6) is 1.67. The first-order chi connectivity index (χ1) is 15.8. The van der Waals surface area contributed by atoms with E-state index in [2.05, 4.69) is 15.4 Å². The Morgan fingerprint density at radius 3 is 2.42 bits per heavy atom. The molecule has 0 saturated carbocycles. The van der Waals surface area contributed by atoms with Gasteiger partial charge in [0.25, 0.3) is 0 Å². The molecule has 4 heterocycles. The number of carbonyl (C=O) groups excluding carboxylic acids is 1. The second-order valence-corrected chi connectivity index (χ2v) is 10.6. The van der Waals surface area contributed by atoms with Gasteiger partial charge in [-0.25, -0.2) is 8.42 Å². The van der Waals surface area contributed by atoms with Gasteiger partial charge in [0.2, 0.25) is 15.9 Å². The molecule has 0 aliphatic carbocycles. The van der Waals surface area contributed by atoms with E-state index in [1.54, 1.807) is 13.8 Å². The highest BCUT2D eigenvalue weighted by molar-refractivity contribution is 7.89. The molecule has 2 saturated heterocycles. The lowest BCUT2D eigenvalue weighted by Gasteiger charge is -2.34. The fourth-order valence-corrected chi connectivity index (χ4v) is 6.36. The van der Waals surface area contributed by atoms with E-state index in [1.807, 2.05) is 19.1 Å². The van der Waals surface area contributed by atoms with Gasteiger partial charge in [0.15, 0.2) is 5.76 Å². The fourth-order valence-electron chi connectivity index (χ4n) is 4.60. The molecule has 2 aliphatic heterocycles. The van der Waals surface area contributed by atoms with Crippen molar-refractivity contribution in [2.45, 2.75) is 44.6 Å². The molecular formula is C22H32N4O6S. The Balaban J connectivity index is 1.35. The number of hydrogen-bond donors (Lipinski definition) is 1. The van der Waals surface area contributed by atoms with Gasteiger partial charge in [0.05, 0.1) is 19.3 Å². The molecule has 0 radical (unpaired) electrons. The molecule has 2 fully saturated rings. The van der Waals surface area contributed by atoms with Gasteiger partial charge in [-0.3, -0.25) is 9.69 Å². The number of aryl methyl sites for hydroxylation is 3. The Bertz CT molecular complexity index is 1050. The van der Waals surface area contributed by atoms with Crippen LogP contribution in [0.15, 0.2) is 26.0 Å². The number of rotatable bonds is 7. The molecule has 10 nitrogen and oxygen atoms in total. The normalized spacial score (nSPS) is 20.1. The van der Waals surface area contributed by atoms with Gasteiger partial charge in [-0.1, -0.05) is 5.16 Å². The van der Waals surface area contributed by atoms with Crippen LogP contribution >= 0.6 is 0 Å². The van der Waals surface area contributed by atoms with Crippen LogP contribution in [0.3, 0.4) is 0 Å². The van der Waals surface area contributed by atoms with Crippen molar-refractivity contribution in [2.75, 3.05) is 45.9 Å². The zero-order valence-electron chi connectivity index (χ0n) is 19.4. The Labute approximate surface area is 194 Å². The van der Waals surface area contributed by atoms with Crippen molar-refractivity contribution in [1.29, 1.82) is 0 Å². The van der Waals surface area contributed by atoms with Gasteiger partial charge in [-0.05, 0) is 45.7 Å². The van der Waals surface area contributed by atoms with Gasteiger partial charge < -0.3 is 19.0 Å². The number of nitrogens with one attached hydrogen (secondary N) is 1. The van der Waals surface area contributed by atoms with Crippen LogP contribution in [0.2, 0.25) is 0 Å². The molecule has 33 heavy (non-hydrogen) atoms. The molecule has 11 heteroatoms. The summed E-state index contributed by atoms with van der Waals surface area (Å²) >= 11 is 0. The first-order valence-corrected chi connectivity index (χ1v) is 12.8. The number of sulfonamides is 1. The molecule has 0 spiro atoms. The third kappa shape index (κ3) is 5.16. The van der Waals surface area contributed by atoms with Gasteiger partial charge in [0, 0.05) is 38.6 Å². The molecular weight excluding hydrogens is 448 g/mol. The number of furan rings is 1. The maximum atomic E-state index is 13.0. The predicted molar refractivity (Wildman–Crippen MR) is 119 cm³/mol. The minimum absolute atomic E-state index is 0.0501. The van der Waals surface area contributed by atoms with Crippen LogP contribution in [0.1, 0.15) is 41.9 Å². The average molecular weight is 481 g/mol. The van der Waals surface area contributed by atoms with E-state index in [-0.39, 0.29) is 41.6 Å². The van der Waals surface area contributed by atoms with E-state index in [0.29, 0.717) is 38.3 Å². The summed E-state index contributed by atoms with van der Waals surface area (Å²) < 4.78 is 43.8. The van der Waals surface area contributed by atoms with Gasteiger partial charge >= 0.3 is 0 Å². The van der Waals surface area contributed by atoms with Gasteiger partial charge in [-0.2, -0.15) is 4.31 Å². The van der Waals surface area contributed by atoms with E-state index in [9.17, 15) is 13.2 Å². The predicted octanol–water partition coefficient (Wildman–Crippen LogP) is 1.78. The monoisotopic (exact) mass is 480 g/mol. The van der Waals surface area contributed by atoms with Crippen LogP contribution in [-0.2, 0) is 19.6 Å². The highest BCUT2D eigenvalue weighted by Gasteiger charge is 2.36. The number of piperidine rings is 1. The van der Waals surface area contributed by atoms with Crippen LogP contribution in [0.4, 0.5) is 0 Å². The zero-order chi connectivity index (χ0) is 23.6. The standard InChI is InChI=1S/C22H32N4O6S/c1-15-4-5-20(31-15)19(25-10-12-30-13-11-25)14-23-22(27)18-6-8-26(9-7-18)33(28,29)21-16(2)24-32-17(21)3/h4-5,18-19H,6-14H2,1-3H3,(H,23,27). The average Bonchev–Trinajstić information content (AvgIpc) is 3.39. The van der Waals surface area contributed by atoms with E-state index in [1.165, 1.54) is 4.31 Å². The molecule has 0 aromatic carbocycles. The molecule has 1 unspecified atom stereocenters. The number of aromatic nitrogens is 1. The molecule has 2 aliphatic rings. The number of morpholine rings is 1. The minimum atomic E-state index is -3.69. The molecule has 182 valence electrons. The summed E-state index contributed by atoms with van der Waals surface area (Å²) in [5, 5.41) is 6.84. The van der Waals surface area contributed by atoms with Crippen LogP contribution in [0.25, 0.3) is 0 Å². The maximum Gasteiger partial charge on any atom is 0.248 e. The quantitative estimate of drug-likeness (QED) is 0.637. The van der Waals surface area contributed by atoms with E-state index < -0.39 is 10.0 Å². The third-order valence-electron chi connectivity index (χ3n) is 6.44. The van der Waals surface area contributed by atoms with Gasteiger partial charge in [0.1, 0.15) is 22.1 Å². The minimum Gasteiger partial charge on any atom is -0.465 e. The first-order valence-electron chi connectivity index (χ1n) is 11.4. The second-order valence-electron chi connectivity index (χ2n) is 8.69. The SMILES string of the molecule is Cc1ccc(C(CNC(=O)C2CCN(S(=O)(=O)c3c(C)noc3C)CC2)N2CCOCC2)o1. The smallest absolute Gasteiger partial charge is 0.248 e. The zero-order valence-corrected chi connectivity index (χ0v) is 20.2. The lowest BCUT2D eigenvalue weighted by atomic mass is 9.97. The molecule has 1 atom stereocenters. The van der Waals surface area contributed by atoms with Crippen molar-refractivity contribution >= 4 is 15.9 Å². The molecule has 4 rings (SSSR count). The number of nitrogens with zero attached hydrogens (tertiary/aromatic N) is 3. The summed E-state index contributed by atoms with van der Waals surface area (Å²) in [6, 6.07) is 3.82. The second kappa shape index (κ2) is 9.96. The molecule has 0 bridgehead atoms. The lowest BCUT2D eigenvalue weighted by Crippen LogP contribution is -2.46. The highest BCUT2D eigenvalue weighted by Crippen LogP contribution is 2.28. The number of carbonyl (C=O) groups is 1. The Hall–Kier alpha value is -2.21. The molecule has 2 aromatic rings. The summed E-state index contributed by atoms with van der Waals surface area (Å²) in [5.41, 5.74) is 0.356. The van der Waals surface area contributed by atoms with Crippen LogP contribution in [0, 0.1) is 26.7 Å². The van der Waals surface area contributed by atoms with E-state index >= 15 is 0 Å². The van der Waals surface area contributed by atoms with Crippen molar-refractivity contribution in [3.8, 4) is 0 Å². The molecule has 1 N–H and O–H groups in total. The van der Waals surface area contributed by atoms with Crippen molar-refractivity contribution in [2.24, 2.45) is 5.92 Å². The van der Waals surface area contributed by atoms with Crippen molar-refractivity contribution < 1.29 is 26.9 Å². The summed E-state index contributed by atoms with van der Waals surface area (Å²) in [4.78, 5) is 15.3. The van der Waals surface area contributed by atoms with Crippen LogP contribution in [-0.4, -0.2) is 74.6 Å². The molecule has 2 aromatic heterocycles. The van der Waals surface area contributed by atoms with E-state index in [4.69, 9.17) is 13.7 Å². The highest BCUT2D eigenvalue weighted by atomic mass is 32.2. The topological polar surface area (TPSA) is 118 Å². The Morgan fingerprint density at radius 2 is 1.85 bits per heavy atom. The van der Waals surface area contributed by atoms with Crippen molar-refractivity contribution in [3.63, 3.8) is 0 Å². The summed E-state index contributed by atoms with van der Waals surface area (Å²) in [6.45, 7) is 8.99. The molecule has 1 amide bonds. The fraction of sp³-hybridized carbons (Fsp3) is 0.636. The number of hydrogen-bond acceptors (Lipinski definition) is 8. The maximum absolute atomic E-state index is 13.0. The van der Waals surface area contributed by atoms with Crippen LogP contribution in [0.5, 0.6) is 0 Å². The first kappa shape index (κ1) is 23.9. The third-order valence-corrected chi connectivity index (χ3v) is 8.58.